The number of phosphoric ester groups is 1. The van der Waals surface area contributed by atoms with E-state index in [0.717, 1.165) is 122 Å². The van der Waals surface area contributed by atoms with Gasteiger partial charge < -0.3 is 24.2 Å². The van der Waals surface area contributed by atoms with Crippen molar-refractivity contribution in [1.82, 2.24) is 0 Å². The van der Waals surface area contributed by atoms with Crippen molar-refractivity contribution in [2.75, 3.05) is 26.4 Å². The summed E-state index contributed by atoms with van der Waals surface area (Å²) in [4.78, 5) is 48.7. The van der Waals surface area contributed by atoms with Crippen LogP contribution in [-0.4, -0.2) is 66.5 Å². The third kappa shape index (κ3) is 57.3. The van der Waals surface area contributed by atoms with Crippen LogP contribution in [-0.2, 0) is 42.2 Å². The van der Waals surface area contributed by atoms with Crippen LogP contribution >= 0.6 is 7.82 Å². The van der Waals surface area contributed by atoms with Gasteiger partial charge in [-0.25, -0.2) is 4.57 Å². The first-order chi connectivity index (χ1) is 38.2. The quantitative estimate of drug-likeness (QED) is 0.0197. The zero-order valence-corrected chi connectivity index (χ0v) is 50.8. The molecule has 0 amide bonds. The van der Waals surface area contributed by atoms with Crippen LogP contribution in [0, 0.1) is 0 Å². The number of phosphoric acid groups is 1. The van der Waals surface area contributed by atoms with Gasteiger partial charge in [0.25, 0.3) is 0 Å². The minimum Gasteiger partial charge on any atom is -0.462 e. The largest absolute Gasteiger partial charge is 0.472 e. The number of allylic oxidation sites excluding steroid dienone is 14. The summed E-state index contributed by atoms with van der Waals surface area (Å²) in [6, 6.07) is 0. The molecule has 0 saturated heterocycles. The van der Waals surface area contributed by atoms with Crippen LogP contribution < -0.4 is 0 Å². The summed E-state index contributed by atoms with van der Waals surface area (Å²) >= 11 is 0. The smallest absolute Gasteiger partial charge is 0.462 e. The fourth-order valence-corrected chi connectivity index (χ4v) is 9.38. The van der Waals surface area contributed by atoms with Gasteiger partial charge >= 0.3 is 25.7 Å². The SMILES string of the molecule is CC/C=C\C/C=C\C/C=C\C/C=C\CCCCCCCCC(=O)OC(COC(=O)CCCCC/C=C\C/C=C\C/C=C\CC)COP(=O)(O)OCC(CO)OC(=O)CCCCCCCCCCCCCCCCCCCCC. The van der Waals surface area contributed by atoms with E-state index in [1.807, 2.05) is 0 Å². The first-order valence-corrected chi connectivity index (χ1v) is 33.0. The van der Waals surface area contributed by atoms with Gasteiger partial charge in [-0.05, 0) is 89.9 Å². The average molecular weight is 1120 g/mol. The second kappa shape index (κ2) is 59.8. The highest BCUT2D eigenvalue weighted by atomic mass is 31.2. The Bertz CT molecular complexity index is 1630. The predicted octanol–water partition coefficient (Wildman–Crippen LogP) is 19.0. The van der Waals surface area contributed by atoms with Crippen LogP contribution in [0.2, 0.25) is 0 Å². The highest BCUT2D eigenvalue weighted by molar-refractivity contribution is 7.47. The Balaban J connectivity index is 4.68. The molecule has 0 heterocycles. The summed E-state index contributed by atoms with van der Waals surface area (Å²) in [6.07, 6.45) is 69.7. The average Bonchev–Trinajstić information content (AvgIpc) is 3.43. The lowest BCUT2D eigenvalue weighted by atomic mass is 10.0. The van der Waals surface area contributed by atoms with Gasteiger partial charge in [-0.3, -0.25) is 23.4 Å². The van der Waals surface area contributed by atoms with Crippen LogP contribution in [0.5, 0.6) is 0 Å². The normalized spacial score (nSPS) is 13.9. The highest BCUT2D eigenvalue weighted by Crippen LogP contribution is 2.43. The summed E-state index contributed by atoms with van der Waals surface area (Å²) in [5.74, 6) is -1.51. The van der Waals surface area contributed by atoms with E-state index in [1.54, 1.807) is 0 Å². The van der Waals surface area contributed by atoms with Crippen molar-refractivity contribution in [3.05, 3.63) is 85.1 Å². The van der Waals surface area contributed by atoms with Gasteiger partial charge in [0, 0.05) is 19.3 Å². The van der Waals surface area contributed by atoms with Gasteiger partial charge in [-0.15, -0.1) is 0 Å². The van der Waals surface area contributed by atoms with Crippen LogP contribution in [0.3, 0.4) is 0 Å². The molecular weight excluding hydrogens is 1000 g/mol. The third-order valence-electron chi connectivity index (χ3n) is 13.3. The van der Waals surface area contributed by atoms with E-state index in [1.165, 1.54) is 96.3 Å². The third-order valence-corrected chi connectivity index (χ3v) is 14.3. The van der Waals surface area contributed by atoms with Crippen molar-refractivity contribution in [2.45, 2.75) is 290 Å². The number of ether oxygens (including phenoxy) is 3. The van der Waals surface area contributed by atoms with E-state index in [-0.39, 0.29) is 25.9 Å². The number of aliphatic hydroxyl groups is 1. The maximum absolute atomic E-state index is 12.9. The summed E-state index contributed by atoms with van der Waals surface area (Å²) in [7, 11) is -4.76. The molecule has 0 rings (SSSR count). The highest BCUT2D eigenvalue weighted by Gasteiger charge is 2.28. The maximum Gasteiger partial charge on any atom is 0.472 e. The molecule has 0 saturated carbocycles. The topological polar surface area (TPSA) is 155 Å². The van der Waals surface area contributed by atoms with Gasteiger partial charge in [-0.2, -0.15) is 0 Å². The molecule has 3 atom stereocenters. The number of hydrogen-bond acceptors (Lipinski definition) is 10. The fourth-order valence-electron chi connectivity index (χ4n) is 8.60. The minimum atomic E-state index is -4.76. The lowest BCUT2D eigenvalue weighted by Gasteiger charge is -2.21. The number of unbranched alkanes of at least 4 members (excludes halogenated alkanes) is 27. The Kier molecular flexibility index (Phi) is 57.2. The van der Waals surface area contributed by atoms with Crippen LogP contribution in [0.25, 0.3) is 0 Å². The molecule has 450 valence electrons. The maximum atomic E-state index is 12.9. The molecule has 0 aromatic carbocycles. The number of carbonyl (C=O) groups is 3. The van der Waals surface area contributed by atoms with Crippen LogP contribution in [0.4, 0.5) is 0 Å². The molecule has 2 N–H and O–H groups in total. The van der Waals surface area contributed by atoms with Crippen molar-refractivity contribution in [3.8, 4) is 0 Å². The molecule has 0 fully saturated rings. The lowest BCUT2D eigenvalue weighted by Crippen LogP contribution is -2.30. The number of carbonyl (C=O) groups excluding carboxylic acids is 3. The molecule has 0 bridgehead atoms. The molecule has 0 spiro atoms. The molecule has 78 heavy (non-hydrogen) atoms. The van der Waals surface area contributed by atoms with Gasteiger partial charge in [0.2, 0.25) is 0 Å². The summed E-state index contributed by atoms with van der Waals surface area (Å²) in [5.41, 5.74) is 0. The molecule has 0 radical (unpaired) electrons. The number of aliphatic hydroxyl groups excluding tert-OH is 1. The van der Waals surface area contributed by atoms with Crippen LogP contribution in [0.15, 0.2) is 85.1 Å². The molecule has 11 nitrogen and oxygen atoms in total. The molecule has 0 aliphatic rings. The zero-order valence-electron chi connectivity index (χ0n) is 49.9. The van der Waals surface area contributed by atoms with E-state index in [4.69, 9.17) is 23.3 Å². The van der Waals surface area contributed by atoms with Crippen molar-refractivity contribution in [1.29, 1.82) is 0 Å². The lowest BCUT2D eigenvalue weighted by molar-refractivity contribution is -0.161. The van der Waals surface area contributed by atoms with Gasteiger partial charge in [0.1, 0.15) is 12.7 Å². The Morgan fingerprint density at radius 1 is 0.372 bits per heavy atom. The molecule has 0 aliphatic carbocycles. The monoisotopic (exact) mass is 1110 g/mol. The van der Waals surface area contributed by atoms with E-state index in [2.05, 4.69) is 106 Å². The van der Waals surface area contributed by atoms with Crippen molar-refractivity contribution < 1.29 is 52.2 Å². The minimum absolute atomic E-state index is 0.143. The Morgan fingerprint density at radius 2 is 0.667 bits per heavy atom. The van der Waals surface area contributed by atoms with Crippen LogP contribution in [0.1, 0.15) is 278 Å². The van der Waals surface area contributed by atoms with Gasteiger partial charge in [-0.1, -0.05) is 254 Å². The first kappa shape index (κ1) is 74.7. The van der Waals surface area contributed by atoms with Crippen molar-refractivity contribution in [3.63, 3.8) is 0 Å². The van der Waals surface area contributed by atoms with Gasteiger partial charge in [0.05, 0.1) is 19.8 Å². The number of hydrogen-bond donors (Lipinski definition) is 2. The fraction of sp³-hybridized carbons (Fsp3) is 0.742. The predicted molar refractivity (Wildman–Crippen MR) is 325 cm³/mol. The second-order valence-corrected chi connectivity index (χ2v) is 22.3. The Hall–Kier alpha value is -3.34. The first-order valence-electron chi connectivity index (χ1n) is 31.5. The van der Waals surface area contributed by atoms with E-state index in [9.17, 15) is 28.9 Å². The van der Waals surface area contributed by atoms with Crippen molar-refractivity contribution in [2.24, 2.45) is 0 Å². The van der Waals surface area contributed by atoms with E-state index >= 15 is 0 Å². The van der Waals surface area contributed by atoms with Gasteiger partial charge in [0.15, 0.2) is 6.10 Å². The molecule has 0 aromatic rings. The molecule has 0 aliphatic heterocycles. The van der Waals surface area contributed by atoms with Crippen molar-refractivity contribution >= 4 is 25.7 Å². The molecular formula is C66H115O11P. The Labute approximate surface area is 477 Å². The van der Waals surface area contributed by atoms with E-state index < -0.39 is 57.8 Å². The zero-order chi connectivity index (χ0) is 56.9. The molecule has 0 aromatic heterocycles. The standard InChI is InChI=1S/C66H115O11P/c1-4-7-10-13-16-19-22-25-27-29-31-33-35-38-41-44-47-50-53-56-65(69)76-62(58-67)60-74-78(71,72)75-61-63(59-73-64(68)55-52-49-46-43-40-37-24-21-18-15-12-9-6-3)77-66(70)57-54-51-48-45-42-39-36-34-32-30-28-26-23-20-17-14-11-8-5-2/h8-9,11-12,17-18,20-21,26,28,32,34,37,40,62-63,67H,4-7,10,13-16,19,22-25,27,29-31,33,35-36,38-39,41-61H2,1-3H3,(H,71,72)/b11-8-,12-9-,20-17-,21-18-,28-26-,34-32-,40-37-. The summed E-state index contributed by atoms with van der Waals surface area (Å²) < 4.78 is 39.6. The molecule has 3 unspecified atom stereocenters. The van der Waals surface area contributed by atoms with E-state index in [0.29, 0.717) is 19.3 Å². The Morgan fingerprint density at radius 3 is 1.04 bits per heavy atom. The second-order valence-electron chi connectivity index (χ2n) is 20.8. The number of esters is 3. The number of rotatable bonds is 58. The summed E-state index contributed by atoms with van der Waals surface area (Å²) in [5, 5.41) is 9.85. The summed E-state index contributed by atoms with van der Waals surface area (Å²) in [6.45, 7) is 4.40. The molecule has 12 heteroatoms.